The molecule has 1 unspecified atom stereocenters. The molecule has 0 spiro atoms. The van der Waals surface area contributed by atoms with Crippen LogP contribution in [0.15, 0.2) is 21.2 Å². The standard InChI is InChI=1S/C10H13N3O2/c1-3-8(11)10-13-12-9(15-10)7-4-5-14-6(7)2/h4-5,8H,3,11H2,1-2H3. The molecule has 0 saturated heterocycles. The molecule has 5 heteroatoms. The molecule has 0 saturated carbocycles. The number of nitrogens with zero attached hydrogens (tertiary/aromatic N) is 2. The number of aryl methyl sites for hydroxylation is 1. The van der Waals surface area contributed by atoms with Crippen molar-refractivity contribution in [2.24, 2.45) is 5.73 Å². The summed E-state index contributed by atoms with van der Waals surface area (Å²) in [5.74, 6) is 1.68. The van der Waals surface area contributed by atoms with Crippen LogP contribution in [0.3, 0.4) is 0 Å². The smallest absolute Gasteiger partial charge is 0.251 e. The second-order valence-corrected chi connectivity index (χ2v) is 3.35. The Hall–Kier alpha value is -1.62. The first kappa shape index (κ1) is 9.92. The number of furan rings is 1. The van der Waals surface area contributed by atoms with Crippen molar-refractivity contribution < 1.29 is 8.83 Å². The van der Waals surface area contributed by atoms with E-state index in [0.717, 1.165) is 17.7 Å². The molecule has 0 fully saturated rings. The lowest BCUT2D eigenvalue weighted by Crippen LogP contribution is -2.08. The van der Waals surface area contributed by atoms with Crippen molar-refractivity contribution in [3.05, 3.63) is 24.0 Å². The van der Waals surface area contributed by atoms with Gasteiger partial charge in [0.15, 0.2) is 0 Å². The maximum Gasteiger partial charge on any atom is 0.251 e. The van der Waals surface area contributed by atoms with E-state index in [1.54, 1.807) is 12.3 Å². The van der Waals surface area contributed by atoms with Crippen molar-refractivity contribution in [1.82, 2.24) is 10.2 Å². The minimum Gasteiger partial charge on any atom is -0.469 e. The highest BCUT2D eigenvalue weighted by atomic mass is 16.4. The molecular formula is C10H13N3O2. The Labute approximate surface area is 87.3 Å². The predicted octanol–water partition coefficient (Wildman–Crippen LogP) is 2.05. The van der Waals surface area contributed by atoms with Crippen molar-refractivity contribution >= 4 is 0 Å². The largest absolute Gasteiger partial charge is 0.469 e. The third-order valence-electron chi connectivity index (χ3n) is 2.29. The average molecular weight is 207 g/mol. The molecule has 0 bridgehead atoms. The van der Waals surface area contributed by atoms with Crippen molar-refractivity contribution in [2.45, 2.75) is 26.3 Å². The lowest BCUT2D eigenvalue weighted by molar-refractivity contribution is 0.451. The molecule has 1 atom stereocenters. The molecule has 2 aromatic heterocycles. The van der Waals surface area contributed by atoms with Crippen LogP contribution >= 0.6 is 0 Å². The topological polar surface area (TPSA) is 78.1 Å². The van der Waals surface area contributed by atoms with Crippen LogP contribution in [-0.2, 0) is 0 Å². The number of hydrogen-bond acceptors (Lipinski definition) is 5. The summed E-state index contributed by atoms with van der Waals surface area (Å²) in [4.78, 5) is 0. The van der Waals surface area contributed by atoms with E-state index >= 15 is 0 Å². The van der Waals surface area contributed by atoms with E-state index in [9.17, 15) is 0 Å². The number of nitrogens with two attached hydrogens (primary N) is 1. The summed E-state index contributed by atoms with van der Waals surface area (Å²) in [7, 11) is 0. The zero-order chi connectivity index (χ0) is 10.8. The highest BCUT2D eigenvalue weighted by molar-refractivity contribution is 5.54. The SMILES string of the molecule is CCC(N)c1nnc(-c2ccoc2C)o1. The maximum atomic E-state index is 5.78. The lowest BCUT2D eigenvalue weighted by Gasteiger charge is -1.99. The van der Waals surface area contributed by atoms with Crippen molar-refractivity contribution in [1.29, 1.82) is 0 Å². The molecule has 2 aromatic rings. The third-order valence-corrected chi connectivity index (χ3v) is 2.29. The first-order valence-electron chi connectivity index (χ1n) is 4.85. The minimum atomic E-state index is -0.196. The Morgan fingerprint density at radius 2 is 2.27 bits per heavy atom. The van der Waals surface area contributed by atoms with Gasteiger partial charge in [-0.1, -0.05) is 6.92 Å². The van der Waals surface area contributed by atoms with Gasteiger partial charge in [-0.2, -0.15) is 0 Å². The average Bonchev–Trinajstić information content (AvgIpc) is 2.84. The van der Waals surface area contributed by atoms with Crippen LogP contribution in [0.25, 0.3) is 11.5 Å². The first-order chi connectivity index (χ1) is 7.22. The quantitative estimate of drug-likeness (QED) is 0.833. The molecule has 5 nitrogen and oxygen atoms in total. The summed E-state index contributed by atoms with van der Waals surface area (Å²) < 4.78 is 10.6. The Morgan fingerprint density at radius 1 is 1.47 bits per heavy atom. The van der Waals surface area contributed by atoms with E-state index in [2.05, 4.69) is 10.2 Å². The third kappa shape index (κ3) is 1.78. The summed E-state index contributed by atoms with van der Waals surface area (Å²) in [6, 6.07) is 1.60. The first-order valence-corrected chi connectivity index (χ1v) is 4.85. The Kier molecular flexibility index (Phi) is 2.55. The molecule has 2 rings (SSSR count). The lowest BCUT2D eigenvalue weighted by atomic mass is 10.2. The summed E-state index contributed by atoms with van der Waals surface area (Å²) in [5, 5.41) is 7.83. The van der Waals surface area contributed by atoms with Gasteiger partial charge in [0.2, 0.25) is 5.89 Å². The van der Waals surface area contributed by atoms with Crippen LogP contribution < -0.4 is 5.73 Å². The molecule has 0 amide bonds. The van der Waals surface area contributed by atoms with E-state index in [1.807, 2.05) is 13.8 Å². The van der Waals surface area contributed by atoms with E-state index in [0.29, 0.717) is 11.8 Å². The van der Waals surface area contributed by atoms with Crippen LogP contribution in [0.2, 0.25) is 0 Å². The molecule has 0 aliphatic rings. The maximum absolute atomic E-state index is 5.78. The highest BCUT2D eigenvalue weighted by Crippen LogP contribution is 2.24. The highest BCUT2D eigenvalue weighted by Gasteiger charge is 2.15. The Balaban J connectivity index is 2.32. The van der Waals surface area contributed by atoms with Gasteiger partial charge in [0, 0.05) is 0 Å². The van der Waals surface area contributed by atoms with Gasteiger partial charge in [0.05, 0.1) is 17.9 Å². The van der Waals surface area contributed by atoms with E-state index < -0.39 is 0 Å². The van der Waals surface area contributed by atoms with Crippen molar-refractivity contribution in [2.75, 3.05) is 0 Å². The van der Waals surface area contributed by atoms with Crippen LogP contribution in [0.4, 0.5) is 0 Å². The van der Waals surface area contributed by atoms with Gasteiger partial charge in [0.1, 0.15) is 5.76 Å². The van der Waals surface area contributed by atoms with Crippen LogP contribution in [-0.4, -0.2) is 10.2 Å². The van der Waals surface area contributed by atoms with Crippen molar-refractivity contribution in [3.63, 3.8) is 0 Å². The summed E-state index contributed by atoms with van der Waals surface area (Å²) in [6.07, 6.45) is 2.36. The van der Waals surface area contributed by atoms with Gasteiger partial charge in [-0.05, 0) is 19.4 Å². The monoisotopic (exact) mass is 207 g/mol. The molecule has 80 valence electrons. The molecule has 0 aliphatic heterocycles. The number of rotatable bonds is 3. The molecule has 2 N–H and O–H groups in total. The van der Waals surface area contributed by atoms with Gasteiger partial charge in [-0.3, -0.25) is 0 Å². The van der Waals surface area contributed by atoms with Crippen LogP contribution in [0.5, 0.6) is 0 Å². The fourth-order valence-electron chi connectivity index (χ4n) is 1.27. The zero-order valence-electron chi connectivity index (χ0n) is 8.73. The predicted molar refractivity (Wildman–Crippen MR) is 54.0 cm³/mol. The van der Waals surface area contributed by atoms with E-state index in [-0.39, 0.29) is 6.04 Å². The fourth-order valence-corrected chi connectivity index (χ4v) is 1.27. The Morgan fingerprint density at radius 3 is 2.87 bits per heavy atom. The van der Waals surface area contributed by atoms with Gasteiger partial charge in [-0.15, -0.1) is 10.2 Å². The Bertz CT molecular complexity index is 447. The number of aromatic nitrogens is 2. The molecule has 0 aliphatic carbocycles. The van der Waals surface area contributed by atoms with Crippen molar-refractivity contribution in [3.8, 4) is 11.5 Å². The van der Waals surface area contributed by atoms with Gasteiger partial charge in [0.25, 0.3) is 5.89 Å². The molecule has 0 radical (unpaired) electrons. The fraction of sp³-hybridized carbons (Fsp3) is 0.400. The zero-order valence-corrected chi connectivity index (χ0v) is 8.73. The summed E-state index contributed by atoms with van der Waals surface area (Å²) in [6.45, 7) is 3.82. The normalized spacial score (nSPS) is 13.0. The molecule has 15 heavy (non-hydrogen) atoms. The summed E-state index contributed by atoms with van der Waals surface area (Å²) in [5.41, 5.74) is 6.60. The van der Waals surface area contributed by atoms with Crippen LogP contribution in [0.1, 0.15) is 31.0 Å². The minimum absolute atomic E-state index is 0.196. The van der Waals surface area contributed by atoms with E-state index in [1.165, 1.54) is 0 Å². The van der Waals surface area contributed by atoms with Gasteiger partial charge >= 0.3 is 0 Å². The summed E-state index contributed by atoms with van der Waals surface area (Å²) >= 11 is 0. The molecule has 2 heterocycles. The van der Waals surface area contributed by atoms with Crippen LogP contribution in [0, 0.1) is 6.92 Å². The van der Waals surface area contributed by atoms with E-state index in [4.69, 9.17) is 14.6 Å². The van der Waals surface area contributed by atoms with Gasteiger partial charge in [-0.25, -0.2) is 0 Å². The second kappa shape index (κ2) is 3.86. The molecule has 0 aromatic carbocycles. The molecular weight excluding hydrogens is 194 g/mol. The second-order valence-electron chi connectivity index (χ2n) is 3.35. The van der Waals surface area contributed by atoms with Gasteiger partial charge < -0.3 is 14.6 Å². The number of hydrogen-bond donors (Lipinski definition) is 1.